The van der Waals surface area contributed by atoms with Gasteiger partial charge in [0, 0.05) is 30.2 Å². The molecule has 0 radical (unpaired) electrons. The van der Waals surface area contributed by atoms with Crippen LogP contribution >= 0.6 is 0 Å². The van der Waals surface area contributed by atoms with Gasteiger partial charge in [0.15, 0.2) is 17.2 Å². The number of nitro groups is 1. The summed E-state index contributed by atoms with van der Waals surface area (Å²) in [6, 6.07) is 9.05. The van der Waals surface area contributed by atoms with Gasteiger partial charge in [0.2, 0.25) is 0 Å². The highest BCUT2D eigenvalue weighted by atomic mass is 16.6. The molecule has 144 valence electrons. The number of non-ortho nitro benzene ring substituents is 1. The van der Waals surface area contributed by atoms with Crippen molar-refractivity contribution in [2.75, 3.05) is 18.1 Å². The maximum atomic E-state index is 12.9. The highest BCUT2D eigenvalue weighted by Gasteiger charge is 2.50. The van der Waals surface area contributed by atoms with Gasteiger partial charge in [-0.1, -0.05) is 0 Å². The van der Waals surface area contributed by atoms with Gasteiger partial charge >= 0.3 is 6.03 Å². The van der Waals surface area contributed by atoms with Gasteiger partial charge in [-0.2, -0.15) is 0 Å². The zero-order valence-electron chi connectivity index (χ0n) is 15.0. The molecule has 0 aliphatic carbocycles. The number of carbonyl (C=O) groups excluding carboxylic acids is 1. The van der Waals surface area contributed by atoms with Crippen molar-refractivity contribution in [2.45, 2.75) is 25.1 Å². The largest absolute Gasteiger partial charge is 0.486 e. The Labute approximate surface area is 159 Å². The lowest BCUT2D eigenvalue weighted by molar-refractivity contribution is -0.385. The highest BCUT2D eigenvalue weighted by molar-refractivity contribution is 5.95. The average Bonchev–Trinajstić information content (AvgIpc) is 2.67. The minimum Gasteiger partial charge on any atom is -0.486 e. The van der Waals surface area contributed by atoms with Crippen LogP contribution in [0.25, 0.3) is 0 Å². The Hall–Kier alpha value is -3.49. The number of nitrogens with zero attached hydrogens (tertiary/aromatic N) is 2. The van der Waals surface area contributed by atoms with E-state index in [-0.39, 0.29) is 17.8 Å². The number of hydrogen-bond acceptors (Lipinski definition) is 6. The molecule has 28 heavy (non-hydrogen) atoms. The molecule has 2 amide bonds. The van der Waals surface area contributed by atoms with E-state index in [4.69, 9.17) is 14.2 Å². The number of nitrogens with one attached hydrogen (secondary N) is 1. The molecule has 0 spiro atoms. The van der Waals surface area contributed by atoms with Crippen LogP contribution in [0.15, 0.2) is 36.4 Å². The van der Waals surface area contributed by atoms with E-state index < -0.39 is 10.6 Å². The van der Waals surface area contributed by atoms with Gasteiger partial charge in [-0.25, -0.2) is 4.79 Å². The molecule has 0 saturated carbocycles. The SMILES string of the molecule is C[C@@]12C[C@H](NC(=O)N1c1ccc3c(c1)OCCO3)c1cc([N+](=O)[O-])ccc1O2. The first-order chi connectivity index (χ1) is 13.4. The Morgan fingerprint density at radius 1 is 1.14 bits per heavy atom. The predicted octanol–water partition coefficient (Wildman–Crippen LogP) is 3.14. The van der Waals surface area contributed by atoms with Gasteiger partial charge < -0.3 is 19.5 Å². The average molecular weight is 383 g/mol. The lowest BCUT2D eigenvalue weighted by Gasteiger charge is -2.50. The lowest BCUT2D eigenvalue weighted by Crippen LogP contribution is -2.65. The molecule has 3 aliphatic rings. The minimum atomic E-state index is -0.945. The van der Waals surface area contributed by atoms with Crippen molar-refractivity contribution < 1.29 is 23.9 Å². The number of fused-ring (bicyclic) bond motifs is 5. The van der Waals surface area contributed by atoms with Crippen LogP contribution in [-0.2, 0) is 0 Å². The van der Waals surface area contributed by atoms with Crippen molar-refractivity contribution in [3.63, 3.8) is 0 Å². The molecule has 2 aromatic rings. The van der Waals surface area contributed by atoms with Crippen LogP contribution in [0.4, 0.5) is 16.2 Å². The quantitative estimate of drug-likeness (QED) is 0.631. The first-order valence-corrected chi connectivity index (χ1v) is 8.92. The predicted molar refractivity (Wildman–Crippen MR) is 97.9 cm³/mol. The van der Waals surface area contributed by atoms with Gasteiger partial charge in [-0.15, -0.1) is 0 Å². The van der Waals surface area contributed by atoms with Crippen LogP contribution in [-0.4, -0.2) is 29.9 Å². The van der Waals surface area contributed by atoms with Crippen molar-refractivity contribution in [3.05, 3.63) is 52.1 Å². The monoisotopic (exact) mass is 383 g/mol. The number of anilines is 1. The summed E-state index contributed by atoms with van der Waals surface area (Å²) < 4.78 is 17.4. The molecule has 3 heterocycles. The van der Waals surface area contributed by atoms with E-state index >= 15 is 0 Å². The summed E-state index contributed by atoms with van der Waals surface area (Å²) in [6.07, 6.45) is 0.446. The van der Waals surface area contributed by atoms with E-state index in [1.165, 1.54) is 12.1 Å². The zero-order valence-corrected chi connectivity index (χ0v) is 15.0. The molecule has 9 nitrogen and oxygen atoms in total. The van der Waals surface area contributed by atoms with Gasteiger partial charge in [-0.05, 0) is 25.1 Å². The smallest absolute Gasteiger partial charge is 0.325 e. The van der Waals surface area contributed by atoms with Crippen molar-refractivity contribution in [1.82, 2.24) is 5.32 Å². The molecule has 5 rings (SSSR count). The fraction of sp³-hybridized carbons (Fsp3) is 0.316. The molecule has 9 heteroatoms. The topological polar surface area (TPSA) is 103 Å². The third-order valence-electron chi connectivity index (χ3n) is 5.25. The van der Waals surface area contributed by atoms with E-state index in [0.29, 0.717) is 48.1 Å². The fourth-order valence-corrected chi connectivity index (χ4v) is 4.04. The van der Waals surface area contributed by atoms with E-state index in [1.54, 1.807) is 29.2 Å². The van der Waals surface area contributed by atoms with Crippen molar-refractivity contribution in [3.8, 4) is 17.2 Å². The van der Waals surface area contributed by atoms with E-state index in [1.807, 2.05) is 6.92 Å². The van der Waals surface area contributed by atoms with Crippen LogP contribution in [0.1, 0.15) is 24.9 Å². The normalized spacial score (nSPS) is 24.7. The summed E-state index contributed by atoms with van der Waals surface area (Å²) >= 11 is 0. The Balaban J connectivity index is 1.55. The second kappa shape index (κ2) is 5.75. The van der Waals surface area contributed by atoms with Crippen molar-refractivity contribution in [2.24, 2.45) is 0 Å². The molecule has 1 saturated heterocycles. The summed E-state index contributed by atoms with van der Waals surface area (Å²) in [6.45, 7) is 2.77. The molecule has 1 fully saturated rings. The Bertz CT molecular complexity index is 1010. The summed E-state index contributed by atoms with van der Waals surface area (Å²) in [5.74, 6) is 1.73. The van der Waals surface area contributed by atoms with Crippen molar-refractivity contribution in [1.29, 1.82) is 0 Å². The lowest BCUT2D eigenvalue weighted by atomic mass is 9.90. The van der Waals surface area contributed by atoms with E-state index in [9.17, 15) is 14.9 Å². The van der Waals surface area contributed by atoms with Gasteiger partial charge in [0.25, 0.3) is 5.69 Å². The number of hydrogen-bond donors (Lipinski definition) is 1. The van der Waals surface area contributed by atoms with Crippen LogP contribution in [0, 0.1) is 10.1 Å². The second-order valence-corrected chi connectivity index (χ2v) is 7.13. The first kappa shape index (κ1) is 16.7. The van der Waals surface area contributed by atoms with Crippen LogP contribution < -0.4 is 24.4 Å². The summed E-state index contributed by atoms with van der Waals surface area (Å²) in [4.78, 5) is 25.1. The standard InChI is InChI=1S/C19H17N3O6/c1-19-10-14(13-8-12(22(24)25)3-4-15(13)28-19)20-18(23)21(19)11-2-5-16-17(9-11)27-7-6-26-16/h2-5,8-9,14H,6-7,10H2,1H3,(H,20,23)/t14-,19+/m0/s1. The number of nitro benzene ring substituents is 1. The van der Waals surface area contributed by atoms with Crippen molar-refractivity contribution >= 4 is 17.4 Å². The molecule has 3 aliphatic heterocycles. The van der Waals surface area contributed by atoms with Crippen LogP contribution in [0.3, 0.4) is 0 Å². The third-order valence-corrected chi connectivity index (χ3v) is 5.25. The number of amides is 2. The first-order valence-electron chi connectivity index (χ1n) is 8.92. The number of carbonyl (C=O) groups is 1. The summed E-state index contributed by atoms with van der Waals surface area (Å²) in [7, 11) is 0. The van der Waals surface area contributed by atoms with Gasteiger partial charge in [0.05, 0.1) is 16.7 Å². The fourth-order valence-electron chi connectivity index (χ4n) is 4.04. The Morgan fingerprint density at radius 3 is 2.68 bits per heavy atom. The van der Waals surface area contributed by atoms with E-state index in [2.05, 4.69) is 5.32 Å². The summed E-state index contributed by atoms with van der Waals surface area (Å²) in [5, 5.41) is 14.0. The minimum absolute atomic E-state index is 0.0329. The summed E-state index contributed by atoms with van der Waals surface area (Å²) in [5.41, 5.74) is 0.254. The maximum absolute atomic E-state index is 12.9. The van der Waals surface area contributed by atoms with Gasteiger partial charge in [-0.3, -0.25) is 15.0 Å². The molecule has 0 aromatic heterocycles. The number of urea groups is 1. The Kier molecular flexibility index (Phi) is 3.42. The van der Waals surface area contributed by atoms with E-state index in [0.717, 1.165) is 0 Å². The molecular formula is C19H17N3O6. The Morgan fingerprint density at radius 2 is 1.89 bits per heavy atom. The molecule has 1 N–H and O–H groups in total. The molecule has 2 bridgehead atoms. The zero-order chi connectivity index (χ0) is 19.5. The molecule has 0 unspecified atom stereocenters. The molecular weight excluding hydrogens is 366 g/mol. The molecule has 2 atom stereocenters. The van der Waals surface area contributed by atoms with Crippen LogP contribution in [0.2, 0.25) is 0 Å². The molecule has 2 aromatic carbocycles. The second-order valence-electron chi connectivity index (χ2n) is 7.13. The third kappa shape index (κ3) is 2.43. The number of rotatable bonds is 2. The highest BCUT2D eigenvalue weighted by Crippen LogP contribution is 2.47. The van der Waals surface area contributed by atoms with Gasteiger partial charge in [0.1, 0.15) is 19.0 Å². The van der Waals surface area contributed by atoms with Crippen LogP contribution in [0.5, 0.6) is 17.2 Å². The number of ether oxygens (including phenoxy) is 3. The number of benzene rings is 2. The maximum Gasteiger partial charge on any atom is 0.325 e.